The number of nitrogens with zero attached hydrogens (tertiary/aromatic N) is 3. The van der Waals surface area contributed by atoms with Crippen molar-refractivity contribution in [3.05, 3.63) is 61.0 Å². The van der Waals surface area contributed by atoms with E-state index in [1.54, 1.807) is 24.5 Å². The van der Waals surface area contributed by atoms with Crippen molar-refractivity contribution < 1.29 is 4.92 Å². The molecule has 0 spiro atoms. The molecule has 0 saturated heterocycles. The van der Waals surface area contributed by atoms with Gasteiger partial charge < -0.3 is 0 Å². The average Bonchev–Trinajstić information content (AvgIpc) is 2.38. The molecule has 2 aromatic rings. The van der Waals surface area contributed by atoms with Gasteiger partial charge in [-0.25, -0.2) is 4.98 Å². The van der Waals surface area contributed by atoms with Gasteiger partial charge in [0.15, 0.2) is 0 Å². The van der Waals surface area contributed by atoms with Crippen LogP contribution in [0.2, 0.25) is 0 Å². The number of pyridine rings is 2. The second-order valence-electron chi connectivity index (χ2n) is 3.55. The molecule has 0 atom stereocenters. The van der Waals surface area contributed by atoms with E-state index in [4.69, 9.17) is 0 Å². The van der Waals surface area contributed by atoms with Crippen LogP contribution >= 0.6 is 31.9 Å². The molecule has 0 unspecified atom stereocenters. The maximum absolute atomic E-state index is 10.5. The van der Waals surface area contributed by atoms with E-state index in [1.807, 2.05) is 6.08 Å². The number of halogens is 2. The predicted molar refractivity (Wildman–Crippen MR) is 79.5 cm³/mol. The van der Waals surface area contributed by atoms with E-state index >= 15 is 0 Å². The number of hydrogen-bond donors (Lipinski definition) is 0. The zero-order valence-corrected chi connectivity index (χ0v) is 12.6. The van der Waals surface area contributed by atoms with Crippen molar-refractivity contribution >= 4 is 49.7 Å². The second kappa shape index (κ2) is 6.03. The monoisotopic (exact) mass is 383 g/mol. The first-order valence-corrected chi connectivity index (χ1v) is 6.74. The van der Waals surface area contributed by atoms with Crippen LogP contribution < -0.4 is 0 Å². The van der Waals surface area contributed by atoms with Crippen LogP contribution in [-0.2, 0) is 0 Å². The molecule has 7 heteroatoms. The molecular formula is C12H7Br2N3O2. The van der Waals surface area contributed by atoms with Crippen LogP contribution in [0.5, 0.6) is 0 Å². The standard InChI is InChI=1S/C12H7Br2N3O2/c13-11-6-15-7-12(14)10(11)4-2-8-1-3-9(5-16-8)17(18)19/h1-7H. The average molecular weight is 385 g/mol. The summed E-state index contributed by atoms with van der Waals surface area (Å²) in [5, 5.41) is 10.5. The summed E-state index contributed by atoms with van der Waals surface area (Å²) in [6.07, 6.45) is 8.23. The van der Waals surface area contributed by atoms with E-state index in [0.29, 0.717) is 5.69 Å². The summed E-state index contributed by atoms with van der Waals surface area (Å²) in [5.41, 5.74) is 1.54. The SMILES string of the molecule is O=[N+]([O-])c1ccc(C=Cc2c(Br)cncc2Br)nc1. The Labute approximate surface area is 125 Å². The molecule has 96 valence electrons. The first-order valence-electron chi connectivity index (χ1n) is 5.15. The lowest BCUT2D eigenvalue weighted by atomic mass is 10.2. The molecule has 0 fully saturated rings. The fourth-order valence-electron chi connectivity index (χ4n) is 1.35. The molecule has 5 nitrogen and oxygen atoms in total. The van der Waals surface area contributed by atoms with Crippen molar-refractivity contribution in [2.45, 2.75) is 0 Å². The lowest BCUT2D eigenvalue weighted by Crippen LogP contribution is -1.89. The number of nitro groups is 1. The molecule has 2 heterocycles. The molecular weight excluding hydrogens is 378 g/mol. The molecule has 0 radical (unpaired) electrons. The third kappa shape index (κ3) is 3.45. The summed E-state index contributed by atoms with van der Waals surface area (Å²) in [5.74, 6) is 0. The van der Waals surface area contributed by atoms with Crippen molar-refractivity contribution in [3.8, 4) is 0 Å². The maximum Gasteiger partial charge on any atom is 0.287 e. The predicted octanol–water partition coefficient (Wildman–Crippen LogP) is 4.08. The lowest BCUT2D eigenvalue weighted by molar-refractivity contribution is -0.385. The minimum absolute atomic E-state index is 0.0246. The van der Waals surface area contributed by atoms with Gasteiger partial charge in [-0.1, -0.05) is 6.08 Å². The highest BCUT2D eigenvalue weighted by Crippen LogP contribution is 2.25. The van der Waals surface area contributed by atoms with Crippen LogP contribution in [0.15, 0.2) is 39.7 Å². The molecule has 2 aromatic heterocycles. The summed E-state index contributed by atoms with van der Waals surface area (Å²) in [6, 6.07) is 3.01. The molecule has 0 aromatic carbocycles. The second-order valence-corrected chi connectivity index (χ2v) is 5.26. The van der Waals surface area contributed by atoms with Crippen LogP contribution in [0.25, 0.3) is 12.2 Å². The van der Waals surface area contributed by atoms with E-state index in [1.165, 1.54) is 12.3 Å². The topological polar surface area (TPSA) is 68.9 Å². The van der Waals surface area contributed by atoms with E-state index in [9.17, 15) is 10.1 Å². The van der Waals surface area contributed by atoms with Gasteiger partial charge in [-0.2, -0.15) is 0 Å². The fraction of sp³-hybridized carbons (Fsp3) is 0. The molecule has 0 saturated carbocycles. The summed E-state index contributed by atoms with van der Waals surface area (Å²) in [6.45, 7) is 0. The lowest BCUT2D eigenvalue weighted by Gasteiger charge is -2.00. The van der Waals surface area contributed by atoms with Gasteiger partial charge in [0.25, 0.3) is 5.69 Å². The van der Waals surface area contributed by atoms with Gasteiger partial charge >= 0.3 is 0 Å². The van der Waals surface area contributed by atoms with Gasteiger partial charge in [-0.05, 0) is 44.0 Å². The maximum atomic E-state index is 10.5. The van der Waals surface area contributed by atoms with Gasteiger partial charge in [-0.15, -0.1) is 0 Å². The Balaban J connectivity index is 2.25. The zero-order valence-electron chi connectivity index (χ0n) is 9.46. The van der Waals surface area contributed by atoms with E-state index in [-0.39, 0.29) is 5.69 Å². The van der Waals surface area contributed by atoms with Crippen LogP contribution in [-0.4, -0.2) is 14.9 Å². The molecule has 0 amide bonds. The van der Waals surface area contributed by atoms with Crippen LogP contribution in [0.4, 0.5) is 5.69 Å². The first kappa shape index (κ1) is 13.8. The third-order valence-electron chi connectivity index (χ3n) is 2.29. The van der Waals surface area contributed by atoms with Crippen LogP contribution in [0, 0.1) is 10.1 Å². The van der Waals surface area contributed by atoms with E-state index in [0.717, 1.165) is 14.5 Å². The number of rotatable bonds is 3. The highest BCUT2D eigenvalue weighted by Gasteiger charge is 2.04. The quantitative estimate of drug-likeness (QED) is 0.590. The first-order chi connectivity index (χ1) is 9.08. The molecule has 19 heavy (non-hydrogen) atoms. The van der Waals surface area contributed by atoms with Crippen molar-refractivity contribution in [3.63, 3.8) is 0 Å². The van der Waals surface area contributed by atoms with Crippen LogP contribution in [0.1, 0.15) is 11.3 Å². The highest BCUT2D eigenvalue weighted by atomic mass is 79.9. The summed E-state index contributed by atoms with van der Waals surface area (Å²) in [4.78, 5) is 18.0. The number of aromatic nitrogens is 2. The van der Waals surface area contributed by atoms with Crippen molar-refractivity contribution in [1.82, 2.24) is 9.97 Å². The van der Waals surface area contributed by atoms with Gasteiger partial charge in [-0.3, -0.25) is 15.1 Å². The van der Waals surface area contributed by atoms with Crippen molar-refractivity contribution in [2.24, 2.45) is 0 Å². The Bertz CT molecular complexity index is 622. The molecule has 0 aliphatic rings. The van der Waals surface area contributed by atoms with Gasteiger partial charge in [0.1, 0.15) is 6.20 Å². The van der Waals surface area contributed by atoms with E-state index < -0.39 is 4.92 Å². The molecule has 2 rings (SSSR count). The summed E-state index contributed by atoms with van der Waals surface area (Å²) in [7, 11) is 0. The Morgan fingerprint density at radius 2 is 1.79 bits per heavy atom. The van der Waals surface area contributed by atoms with E-state index in [2.05, 4.69) is 41.8 Å². The van der Waals surface area contributed by atoms with Crippen molar-refractivity contribution in [1.29, 1.82) is 0 Å². The largest absolute Gasteiger partial charge is 0.287 e. The Morgan fingerprint density at radius 1 is 1.11 bits per heavy atom. The summed E-state index contributed by atoms with van der Waals surface area (Å²) < 4.78 is 1.69. The van der Waals surface area contributed by atoms with Gasteiger partial charge in [0.05, 0.1) is 10.6 Å². The Hall–Kier alpha value is -1.60. The fourth-order valence-corrected chi connectivity index (χ4v) is 2.55. The van der Waals surface area contributed by atoms with Crippen LogP contribution in [0.3, 0.4) is 0 Å². The molecule has 0 aliphatic carbocycles. The Morgan fingerprint density at radius 3 is 2.32 bits per heavy atom. The highest BCUT2D eigenvalue weighted by molar-refractivity contribution is 9.11. The minimum atomic E-state index is -0.476. The molecule has 0 bridgehead atoms. The van der Waals surface area contributed by atoms with Crippen molar-refractivity contribution in [2.75, 3.05) is 0 Å². The Kier molecular flexibility index (Phi) is 4.39. The normalized spacial score (nSPS) is 10.8. The molecule has 0 N–H and O–H groups in total. The minimum Gasteiger partial charge on any atom is -0.262 e. The zero-order chi connectivity index (χ0) is 13.8. The smallest absolute Gasteiger partial charge is 0.262 e. The summed E-state index contributed by atoms with van der Waals surface area (Å²) >= 11 is 6.80. The third-order valence-corrected chi connectivity index (χ3v) is 3.56. The molecule has 0 aliphatic heterocycles. The number of hydrogen-bond acceptors (Lipinski definition) is 4. The van der Waals surface area contributed by atoms with Gasteiger partial charge in [0.2, 0.25) is 0 Å². The van der Waals surface area contributed by atoms with Gasteiger partial charge in [0, 0.05) is 33.0 Å².